The standard InChI is InChI=1S/C31H28N2O/c34-31(24-14-8-3-9-15-24)32-25-20-28-26(22-10-4-1-5-11-22)16-18-33-19-17-27(29(21-25)30(28)33)23-12-6-2-7-13-23/h1-15,20-21,26-27H,16-19H2,(H,32,34)/t26-,27-/m1/s1. The Bertz CT molecular complexity index is 1230. The summed E-state index contributed by atoms with van der Waals surface area (Å²) in [5.41, 5.74) is 8.29. The number of hydrogen-bond acceptors (Lipinski definition) is 2. The second kappa shape index (κ2) is 8.83. The Balaban J connectivity index is 1.49. The number of carbonyl (C=O) groups excluding carboxylic acids is 1. The zero-order valence-corrected chi connectivity index (χ0v) is 19.2. The molecule has 1 amide bonds. The van der Waals surface area contributed by atoms with E-state index in [0.29, 0.717) is 17.4 Å². The molecule has 0 fully saturated rings. The highest BCUT2D eigenvalue weighted by atomic mass is 16.1. The van der Waals surface area contributed by atoms with Gasteiger partial charge in [-0.2, -0.15) is 0 Å². The van der Waals surface area contributed by atoms with Gasteiger partial charge < -0.3 is 10.2 Å². The monoisotopic (exact) mass is 444 g/mol. The number of benzene rings is 4. The number of hydrogen-bond donors (Lipinski definition) is 1. The molecule has 4 aromatic carbocycles. The molecular formula is C31H28N2O. The molecule has 1 N–H and O–H groups in total. The maximum absolute atomic E-state index is 13.0. The van der Waals surface area contributed by atoms with Gasteiger partial charge in [0.1, 0.15) is 0 Å². The van der Waals surface area contributed by atoms with Gasteiger partial charge >= 0.3 is 0 Å². The maximum atomic E-state index is 13.0. The van der Waals surface area contributed by atoms with E-state index in [1.165, 1.54) is 27.9 Å². The number of amides is 1. The highest BCUT2D eigenvalue weighted by Gasteiger charge is 2.35. The van der Waals surface area contributed by atoms with Crippen LogP contribution in [-0.4, -0.2) is 19.0 Å². The average molecular weight is 445 g/mol. The number of anilines is 2. The van der Waals surface area contributed by atoms with E-state index in [4.69, 9.17) is 0 Å². The Labute approximate surface area is 201 Å². The van der Waals surface area contributed by atoms with Crippen molar-refractivity contribution >= 4 is 17.3 Å². The quantitative estimate of drug-likeness (QED) is 0.375. The first-order chi connectivity index (χ1) is 16.8. The van der Waals surface area contributed by atoms with Crippen LogP contribution in [0.3, 0.4) is 0 Å². The highest BCUT2D eigenvalue weighted by molar-refractivity contribution is 6.04. The summed E-state index contributed by atoms with van der Waals surface area (Å²) in [5, 5.41) is 3.21. The second-order valence-corrected chi connectivity index (χ2v) is 9.31. The number of nitrogens with zero attached hydrogens (tertiary/aromatic N) is 1. The van der Waals surface area contributed by atoms with E-state index in [1.54, 1.807) is 0 Å². The van der Waals surface area contributed by atoms with E-state index in [1.807, 2.05) is 30.3 Å². The molecule has 0 radical (unpaired) electrons. The van der Waals surface area contributed by atoms with Crippen LogP contribution in [0.25, 0.3) is 0 Å². The van der Waals surface area contributed by atoms with Crippen LogP contribution in [0, 0.1) is 0 Å². The predicted molar refractivity (Wildman–Crippen MR) is 139 cm³/mol. The van der Waals surface area contributed by atoms with E-state index in [0.717, 1.165) is 31.6 Å². The van der Waals surface area contributed by atoms with E-state index in [-0.39, 0.29) is 5.91 Å². The fraction of sp³-hybridized carbons (Fsp3) is 0.194. The third-order valence-corrected chi connectivity index (χ3v) is 7.31. The van der Waals surface area contributed by atoms with Crippen molar-refractivity contribution in [3.05, 3.63) is 131 Å². The fourth-order valence-electron chi connectivity index (χ4n) is 5.72. The third-order valence-electron chi connectivity index (χ3n) is 7.31. The molecule has 3 nitrogen and oxygen atoms in total. The highest BCUT2D eigenvalue weighted by Crippen LogP contribution is 2.49. The molecule has 2 aliphatic heterocycles. The largest absolute Gasteiger partial charge is 0.371 e. The molecule has 6 rings (SSSR count). The molecule has 3 heteroatoms. The minimum atomic E-state index is -0.0660. The number of nitrogens with one attached hydrogen (secondary N) is 1. The smallest absolute Gasteiger partial charge is 0.255 e. The molecule has 0 aliphatic carbocycles. The Morgan fingerprint density at radius 2 is 1.15 bits per heavy atom. The van der Waals surface area contributed by atoms with Crippen molar-refractivity contribution in [1.82, 2.24) is 0 Å². The minimum Gasteiger partial charge on any atom is -0.371 e. The van der Waals surface area contributed by atoms with Crippen molar-refractivity contribution in [1.29, 1.82) is 0 Å². The first-order valence-corrected chi connectivity index (χ1v) is 12.2. The van der Waals surface area contributed by atoms with Crippen LogP contribution in [0.2, 0.25) is 0 Å². The topological polar surface area (TPSA) is 32.3 Å². The fourth-order valence-corrected chi connectivity index (χ4v) is 5.72. The summed E-state index contributed by atoms with van der Waals surface area (Å²) in [4.78, 5) is 15.6. The summed E-state index contributed by atoms with van der Waals surface area (Å²) in [6.07, 6.45) is 2.17. The van der Waals surface area contributed by atoms with Gasteiger partial charge in [0.05, 0.1) is 0 Å². The molecule has 4 aromatic rings. The average Bonchev–Trinajstić information content (AvgIpc) is 2.90. The van der Waals surface area contributed by atoms with Crippen LogP contribution in [0.15, 0.2) is 103 Å². The van der Waals surface area contributed by atoms with Crippen molar-refractivity contribution < 1.29 is 4.79 Å². The van der Waals surface area contributed by atoms with Crippen LogP contribution < -0.4 is 10.2 Å². The number of carbonyl (C=O) groups is 1. The lowest BCUT2D eigenvalue weighted by molar-refractivity contribution is 0.102. The predicted octanol–water partition coefficient (Wildman–Crippen LogP) is 6.82. The van der Waals surface area contributed by atoms with Gasteiger partial charge in [-0.05, 0) is 59.4 Å². The molecular weight excluding hydrogens is 416 g/mol. The lowest BCUT2D eigenvalue weighted by atomic mass is 9.76. The Hall–Kier alpha value is -3.85. The van der Waals surface area contributed by atoms with Gasteiger partial charge in [0.2, 0.25) is 0 Å². The lowest BCUT2D eigenvalue weighted by Crippen LogP contribution is -2.37. The zero-order chi connectivity index (χ0) is 22.9. The molecule has 0 bridgehead atoms. The van der Waals surface area contributed by atoms with Crippen LogP contribution >= 0.6 is 0 Å². The lowest BCUT2D eigenvalue weighted by Gasteiger charge is -2.43. The van der Waals surface area contributed by atoms with E-state index >= 15 is 0 Å². The van der Waals surface area contributed by atoms with Crippen molar-refractivity contribution in [2.75, 3.05) is 23.3 Å². The molecule has 0 unspecified atom stereocenters. The summed E-state index contributed by atoms with van der Waals surface area (Å²) in [6, 6.07) is 35.5. The van der Waals surface area contributed by atoms with Gasteiger partial charge in [0.15, 0.2) is 0 Å². The molecule has 2 heterocycles. The van der Waals surface area contributed by atoms with Crippen LogP contribution in [0.1, 0.15) is 57.3 Å². The first-order valence-electron chi connectivity index (χ1n) is 12.2. The van der Waals surface area contributed by atoms with E-state index < -0.39 is 0 Å². The summed E-state index contributed by atoms with van der Waals surface area (Å²) in [7, 11) is 0. The molecule has 2 aliphatic rings. The summed E-state index contributed by atoms with van der Waals surface area (Å²) >= 11 is 0. The van der Waals surface area contributed by atoms with Crippen LogP contribution in [0.4, 0.5) is 11.4 Å². The first kappa shape index (κ1) is 20.7. The van der Waals surface area contributed by atoms with Crippen molar-refractivity contribution in [2.24, 2.45) is 0 Å². The third kappa shape index (κ3) is 3.77. The van der Waals surface area contributed by atoms with Gasteiger partial charge in [0, 0.05) is 41.9 Å². The number of rotatable bonds is 4. The summed E-state index contributed by atoms with van der Waals surface area (Å²) in [5.74, 6) is 0.590. The minimum absolute atomic E-state index is 0.0660. The summed E-state index contributed by atoms with van der Waals surface area (Å²) in [6.45, 7) is 2.13. The van der Waals surface area contributed by atoms with Crippen molar-refractivity contribution in [3.8, 4) is 0 Å². The molecule has 0 saturated heterocycles. The Morgan fingerprint density at radius 3 is 1.65 bits per heavy atom. The molecule has 34 heavy (non-hydrogen) atoms. The summed E-state index contributed by atoms with van der Waals surface area (Å²) < 4.78 is 0. The van der Waals surface area contributed by atoms with Gasteiger partial charge in [-0.3, -0.25) is 4.79 Å². The van der Waals surface area contributed by atoms with E-state index in [9.17, 15) is 4.79 Å². The Kier molecular flexibility index (Phi) is 5.38. The van der Waals surface area contributed by atoms with Gasteiger partial charge in [-0.1, -0.05) is 78.9 Å². The van der Waals surface area contributed by atoms with E-state index in [2.05, 4.69) is 83.0 Å². The normalized spacial score (nSPS) is 18.8. The van der Waals surface area contributed by atoms with Gasteiger partial charge in [-0.15, -0.1) is 0 Å². The van der Waals surface area contributed by atoms with Crippen LogP contribution in [-0.2, 0) is 0 Å². The van der Waals surface area contributed by atoms with Crippen molar-refractivity contribution in [2.45, 2.75) is 24.7 Å². The van der Waals surface area contributed by atoms with Gasteiger partial charge in [-0.25, -0.2) is 0 Å². The van der Waals surface area contributed by atoms with Crippen LogP contribution in [0.5, 0.6) is 0 Å². The maximum Gasteiger partial charge on any atom is 0.255 e. The van der Waals surface area contributed by atoms with Gasteiger partial charge in [0.25, 0.3) is 5.91 Å². The SMILES string of the molecule is O=C(Nc1cc2c3c(c1)[C@@H](c1ccccc1)CCN3CC[C@@H]2c1ccccc1)c1ccccc1. The second-order valence-electron chi connectivity index (χ2n) is 9.31. The van der Waals surface area contributed by atoms with Crippen molar-refractivity contribution in [3.63, 3.8) is 0 Å². The molecule has 0 saturated carbocycles. The molecule has 168 valence electrons. The molecule has 0 spiro atoms. The Morgan fingerprint density at radius 1 is 0.676 bits per heavy atom. The molecule has 2 atom stereocenters. The zero-order valence-electron chi connectivity index (χ0n) is 19.2. The molecule has 0 aromatic heterocycles.